The van der Waals surface area contributed by atoms with E-state index in [0.29, 0.717) is 0 Å². The third kappa shape index (κ3) is 2.25. The summed E-state index contributed by atoms with van der Waals surface area (Å²) in [5, 5.41) is 0. The molecule has 0 saturated heterocycles. The fourth-order valence-electron chi connectivity index (χ4n) is 2.11. The molecule has 1 aromatic heterocycles. The molecule has 0 spiro atoms. The first-order valence-corrected chi connectivity index (χ1v) is 6.88. The Labute approximate surface area is 124 Å². The number of benzene rings is 2. The van der Waals surface area contributed by atoms with Gasteiger partial charge in [0, 0.05) is 10.5 Å². The van der Waals surface area contributed by atoms with Gasteiger partial charge in [-0.3, -0.25) is 0 Å². The van der Waals surface area contributed by atoms with Gasteiger partial charge in [0.05, 0.1) is 30.8 Å². The Kier molecular flexibility index (Phi) is 3.36. The van der Waals surface area contributed by atoms with Crippen LogP contribution in [-0.2, 0) is 0 Å². The van der Waals surface area contributed by atoms with Gasteiger partial charge in [0.1, 0.15) is 17.3 Å². The van der Waals surface area contributed by atoms with Crippen LogP contribution >= 0.6 is 15.9 Å². The summed E-state index contributed by atoms with van der Waals surface area (Å²) < 4.78 is 11.6. The number of aromatic amines is 1. The molecular formula is C15H13BrN2O2. The summed E-state index contributed by atoms with van der Waals surface area (Å²) in [5.74, 6) is 2.35. The number of nitrogens with one attached hydrogen (secondary N) is 1. The van der Waals surface area contributed by atoms with Crippen LogP contribution in [0.2, 0.25) is 0 Å². The van der Waals surface area contributed by atoms with Crippen LogP contribution in [0.3, 0.4) is 0 Å². The summed E-state index contributed by atoms with van der Waals surface area (Å²) in [6.07, 6.45) is 0. The maximum Gasteiger partial charge on any atom is 0.142 e. The molecule has 3 rings (SSSR count). The second kappa shape index (κ2) is 5.17. The first-order valence-electron chi connectivity index (χ1n) is 6.09. The van der Waals surface area contributed by atoms with Gasteiger partial charge in [-0.25, -0.2) is 4.98 Å². The fraction of sp³-hybridized carbons (Fsp3) is 0.133. The number of hydrogen-bond donors (Lipinski definition) is 1. The SMILES string of the molecule is COc1ccc2nc(-c3cc(Br)ccc3OC)[nH]c2c1. The summed E-state index contributed by atoms with van der Waals surface area (Å²) in [6, 6.07) is 11.6. The van der Waals surface area contributed by atoms with Crippen LogP contribution in [0.15, 0.2) is 40.9 Å². The number of aromatic nitrogens is 2. The van der Waals surface area contributed by atoms with E-state index in [1.807, 2.05) is 36.4 Å². The molecule has 2 aromatic carbocycles. The average Bonchev–Trinajstić information content (AvgIpc) is 2.89. The maximum absolute atomic E-state index is 5.39. The van der Waals surface area contributed by atoms with Crippen molar-refractivity contribution in [1.82, 2.24) is 9.97 Å². The zero-order valence-electron chi connectivity index (χ0n) is 11.1. The number of imidazole rings is 1. The molecule has 102 valence electrons. The lowest BCUT2D eigenvalue weighted by Crippen LogP contribution is -1.89. The van der Waals surface area contributed by atoms with Gasteiger partial charge in [0.2, 0.25) is 0 Å². The van der Waals surface area contributed by atoms with E-state index in [-0.39, 0.29) is 0 Å². The Morgan fingerprint density at radius 2 is 1.90 bits per heavy atom. The first-order chi connectivity index (χ1) is 9.71. The van der Waals surface area contributed by atoms with Gasteiger partial charge < -0.3 is 14.5 Å². The Bertz CT molecular complexity index is 768. The number of halogens is 1. The van der Waals surface area contributed by atoms with Crippen molar-refractivity contribution in [3.05, 3.63) is 40.9 Å². The van der Waals surface area contributed by atoms with E-state index in [9.17, 15) is 0 Å². The minimum absolute atomic E-state index is 0.770. The number of methoxy groups -OCH3 is 2. The standard InChI is InChI=1S/C15H13BrN2O2/c1-19-10-4-5-12-13(8-10)18-15(17-12)11-7-9(16)3-6-14(11)20-2/h3-8H,1-2H3,(H,17,18). The number of rotatable bonds is 3. The number of hydrogen-bond acceptors (Lipinski definition) is 3. The minimum atomic E-state index is 0.770. The molecule has 0 aliphatic rings. The largest absolute Gasteiger partial charge is 0.497 e. The van der Waals surface area contributed by atoms with Crippen molar-refractivity contribution in [2.45, 2.75) is 0 Å². The smallest absolute Gasteiger partial charge is 0.142 e. The number of fused-ring (bicyclic) bond motifs is 1. The van der Waals surface area contributed by atoms with Gasteiger partial charge in [0.15, 0.2) is 0 Å². The van der Waals surface area contributed by atoms with Crippen LogP contribution in [0.4, 0.5) is 0 Å². The van der Waals surface area contributed by atoms with Crippen molar-refractivity contribution in [1.29, 1.82) is 0 Å². The van der Waals surface area contributed by atoms with Crippen molar-refractivity contribution >= 4 is 27.0 Å². The maximum atomic E-state index is 5.39. The molecule has 5 heteroatoms. The summed E-state index contributed by atoms with van der Waals surface area (Å²) in [4.78, 5) is 7.89. The third-order valence-electron chi connectivity index (χ3n) is 3.11. The monoisotopic (exact) mass is 332 g/mol. The Morgan fingerprint density at radius 3 is 2.65 bits per heavy atom. The summed E-state index contributed by atoms with van der Waals surface area (Å²) in [7, 11) is 3.30. The molecule has 0 fully saturated rings. The second-order valence-electron chi connectivity index (χ2n) is 4.31. The molecule has 20 heavy (non-hydrogen) atoms. The molecule has 0 radical (unpaired) electrons. The van der Waals surface area contributed by atoms with Crippen molar-refractivity contribution in [2.75, 3.05) is 14.2 Å². The minimum Gasteiger partial charge on any atom is -0.497 e. The lowest BCUT2D eigenvalue weighted by molar-refractivity contribution is 0.415. The van der Waals surface area contributed by atoms with Crippen molar-refractivity contribution in [3.63, 3.8) is 0 Å². The highest BCUT2D eigenvalue weighted by molar-refractivity contribution is 9.10. The van der Waals surface area contributed by atoms with Gasteiger partial charge >= 0.3 is 0 Å². The van der Waals surface area contributed by atoms with E-state index in [0.717, 1.165) is 38.4 Å². The molecule has 0 bridgehead atoms. The number of H-pyrrole nitrogens is 1. The molecule has 0 unspecified atom stereocenters. The molecular weight excluding hydrogens is 320 g/mol. The van der Waals surface area contributed by atoms with E-state index in [2.05, 4.69) is 25.9 Å². The average molecular weight is 333 g/mol. The number of ether oxygens (including phenoxy) is 2. The van der Waals surface area contributed by atoms with Crippen molar-refractivity contribution < 1.29 is 9.47 Å². The fourth-order valence-corrected chi connectivity index (χ4v) is 2.47. The zero-order chi connectivity index (χ0) is 14.1. The first kappa shape index (κ1) is 13.0. The Morgan fingerprint density at radius 1 is 1.05 bits per heavy atom. The van der Waals surface area contributed by atoms with Crippen LogP contribution < -0.4 is 9.47 Å². The lowest BCUT2D eigenvalue weighted by atomic mass is 10.2. The van der Waals surface area contributed by atoms with E-state index >= 15 is 0 Å². The normalized spacial score (nSPS) is 10.8. The van der Waals surface area contributed by atoms with E-state index in [1.165, 1.54) is 0 Å². The van der Waals surface area contributed by atoms with E-state index in [1.54, 1.807) is 14.2 Å². The Balaban J connectivity index is 2.17. The van der Waals surface area contributed by atoms with Crippen LogP contribution in [0.5, 0.6) is 11.5 Å². The number of nitrogens with zero attached hydrogens (tertiary/aromatic N) is 1. The molecule has 0 atom stereocenters. The van der Waals surface area contributed by atoms with Crippen LogP contribution in [0.25, 0.3) is 22.4 Å². The van der Waals surface area contributed by atoms with Crippen LogP contribution in [-0.4, -0.2) is 24.2 Å². The third-order valence-corrected chi connectivity index (χ3v) is 3.60. The molecule has 0 amide bonds. The predicted molar refractivity (Wildman–Crippen MR) is 82.3 cm³/mol. The Hall–Kier alpha value is -2.01. The van der Waals surface area contributed by atoms with Gasteiger partial charge in [-0.05, 0) is 30.3 Å². The van der Waals surface area contributed by atoms with Crippen LogP contribution in [0.1, 0.15) is 0 Å². The quantitative estimate of drug-likeness (QED) is 0.788. The highest BCUT2D eigenvalue weighted by Crippen LogP contribution is 2.32. The molecule has 4 nitrogen and oxygen atoms in total. The molecule has 0 saturated carbocycles. The lowest BCUT2D eigenvalue weighted by Gasteiger charge is -2.06. The van der Waals surface area contributed by atoms with Gasteiger partial charge in [-0.15, -0.1) is 0 Å². The highest BCUT2D eigenvalue weighted by atomic mass is 79.9. The van der Waals surface area contributed by atoms with E-state index < -0.39 is 0 Å². The zero-order valence-corrected chi connectivity index (χ0v) is 12.7. The van der Waals surface area contributed by atoms with Gasteiger partial charge in [-0.1, -0.05) is 15.9 Å². The summed E-state index contributed by atoms with van der Waals surface area (Å²) in [6.45, 7) is 0. The van der Waals surface area contributed by atoms with Crippen molar-refractivity contribution in [3.8, 4) is 22.9 Å². The van der Waals surface area contributed by atoms with Gasteiger partial charge in [-0.2, -0.15) is 0 Å². The topological polar surface area (TPSA) is 47.1 Å². The highest BCUT2D eigenvalue weighted by Gasteiger charge is 2.11. The van der Waals surface area contributed by atoms with Gasteiger partial charge in [0.25, 0.3) is 0 Å². The molecule has 0 aliphatic heterocycles. The van der Waals surface area contributed by atoms with E-state index in [4.69, 9.17) is 9.47 Å². The predicted octanol–water partition coefficient (Wildman–Crippen LogP) is 4.01. The molecule has 3 aromatic rings. The molecule has 0 aliphatic carbocycles. The second-order valence-corrected chi connectivity index (χ2v) is 5.23. The van der Waals surface area contributed by atoms with Crippen LogP contribution in [0, 0.1) is 0 Å². The molecule has 1 N–H and O–H groups in total. The molecule has 1 heterocycles. The summed E-state index contributed by atoms with van der Waals surface area (Å²) in [5.41, 5.74) is 2.74. The van der Waals surface area contributed by atoms with Crippen molar-refractivity contribution in [2.24, 2.45) is 0 Å². The summed E-state index contributed by atoms with van der Waals surface area (Å²) >= 11 is 3.47.